The van der Waals surface area contributed by atoms with Crippen LogP contribution in [0.3, 0.4) is 0 Å². The summed E-state index contributed by atoms with van der Waals surface area (Å²) in [7, 11) is 1.56. The number of pyridine rings is 1. The van der Waals surface area contributed by atoms with Crippen molar-refractivity contribution in [2.24, 2.45) is 0 Å². The molecule has 2 aromatic rings. The van der Waals surface area contributed by atoms with E-state index in [0.717, 1.165) is 45.0 Å². The van der Waals surface area contributed by atoms with Crippen LogP contribution in [-0.2, 0) is 17.8 Å². The van der Waals surface area contributed by atoms with Crippen LogP contribution in [0.2, 0.25) is 0 Å². The molecule has 26 heavy (non-hydrogen) atoms. The van der Waals surface area contributed by atoms with Gasteiger partial charge in [-0.1, -0.05) is 6.07 Å². The number of urea groups is 1. The number of ether oxygens (including phenoxy) is 2. The van der Waals surface area contributed by atoms with Crippen LogP contribution in [0.4, 0.5) is 10.5 Å². The molecular weight excluding hydrogens is 336 g/mol. The molecule has 9 heteroatoms. The molecule has 0 bridgehead atoms. The van der Waals surface area contributed by atoms with Crippen molar-refractivity contribution >= 4 is 11.7 Å². The summed E-state index contributed by atoms with van der Waals surface area (Å²) < 4.78 is 12.2. The molecule has 9 nitrogen and oxygen atoms in total. The van der Waals surface area contributed by atoms with E-state index in [9.17, 15) is 4.79 Å². The molecule has 1 fully saturated rings. The Balaban J connectivity index is 1.40. The summed E-state index contributed by atoms with van der Waals surface area (Å²) in [4.78, 5) is 18.4. The van der Waals surface area contributed by atoms with Crippen molar-refractivity contribution in [2.45, 2.75) is 13.1 Å². The zero-order valence-corrected chi connectivity index (χ0v) is 14.9. The molecule has 2 amide bonds. The van der Waals surface area contributed by atoms with Gasteiger partial charge in [-0.25, -0.2) is 9.78 Å². The number of nitrogens with zero attached hydrogens (tertiary/aromatic N) is 4. The quantitative estimate of drug-likeness (QED) is 0.763. The molecule has 0 aromatic carbocycles. The Bertz CT molecular complexity index is 697. The summed E-state index contributed by atoms with van der Waals surface area (Å²) in [6.45, 7) is 5.56. The third kappa shape index (κ3) is 5.43. The largest absolute Gasteiger partial charge is 0.481 e. The minimum absolute atomic E-state index is 0.284. The van der Waals surface area contributed by atoms with Gasteiger partial charge < -0.3 is 20.1 Å². The maximum Gasteiger partial charge on any atom is 0.319 e. The molecule has 1 aliphatic rings. The van der Waals surface area contributed by atoms with Crippen molar-refractivity contribution in [1.82, 2.24) is 25.0 Å². The molecule has 140 valence electrons. The van der Waals surface area contributed by atoms with Crippen molar-refractivity contribution in [1.29, 1.82) is 0 Å². The number of nitrogens with one attached hydrogen (secondary N) is 2. The van der Waals surface area contributed by atoms with Crippen LogP contribution in [0.25, 0.3) is 0 Å². The molecule has 1 aliphatic heterocycles. The number of aromatic nitrogens is 3. The summed E-state index contributed by atoms with van der Waals surface area (Å²) >= 11 is 0. The fourth-order valence-electron chi connectivity index (χ4n) is 2.61. The van der Waals surface area contributed by atoms with Gasteiger partial charge in [0, 0.05) is 44.6 Å². The van der Waals surface area contributed by atoms with Gasteiger partial charge in [0.25, 0.3) is 0 Å². The number of rotatable bonds is 7. The predicted octanol–water partition coefficient (Wildman–Crippen LogP) is 0.941. The first kappa shape index (κ1) is 18.2. The Kier molecular flexibility index (Phi) is 6.39. The van der Waals surface area contributed by atoms with E-state index in [0.29, 0.717) is 18.1 Å². The highest BCUT2D eigenvalue weighted by Gasteiger charge is 2.10. The minimum atomic E-state index is -0.284. The molecule has 0 radical (unpaired) electrons. The highest BCUT2D eigenvalue weighted by molar-refractivity contribution is 5.88. The number of hydrogen-bond acceptors (Lipinski definition) is 6. The van der Waals surface area contributed by atoms with Crippen LogP contribution < -0.4 is 15.4 Å². The fourth-order valence-corrected chi connectivity index (χ4v) is 2.61. The van der Waals surface area contributed by atoms with Gasteiger partial charge in [-0.15, -0.1) is 0 Å². The van der Waals surface area contributed by atoms with Crippen molar-refractivity contribution in [2.75, 3.05) is 45.3 Å². The van der Waals surface area contributed by atoms with E-state index in [1.54, 1.807) is 25.6 Å². The molecule has 0 unspecified atom stereocenters. The van der Waals surface area contributed by atoms with E-state index in [-0.39, 0.29) is 6.03 Å². The van der Waals surface area contributed by atoms with Gasteiger partial charge in [0.15, 0.2) is 0 Å². The van der Waals surface area contributed by atoms with Crippen LogP contribution in [-0.4, -0.2) is 65.7 Å². The number of carbonyl (C=O) groups is 1. The summed E-state index contributed by atoms with van der Waals surface area (Å²) in [5.74, 6) is 0.544. The van der Waals surface area contributed by atoms with Gasteiger partial charge in [0.2, 0.25) is 5.88 Å². The summed E-state index contributed by atoms with van der Waals surface area (Å²) in [5, 5.41) is 9.85. The zero-order valence-electron chi connectivity index (χ0n) is 14.9. The van der Waals surface area contributed by atoms with Crippen molar-refractivity contribution in [3.63, 3.8) is 0 Å². The van der Waals surface area contributed by atoms with E-state index in [1.807, 2.05) is 16.9 Å². The first-order valence-electron chi connectivity index (χ1n) is 8.59. The van der Waals surface area contributed by atoms with E-state index in [4.69, 9.17) is 9.47 Å². The topological polar surface area (TPSA) is 93.5 Å². The Morgan fingerprint density at radius 3 is 2.85 bits per heavy atom. The molecule has 3 rings (SSSR count). The lowest BCUT2D eigenvalue weighted by Crippen LogP contribution is -2.38. The average Bonchev–Trinajstić information content (AvgIpc) is 3.13. The highest BCUT2D eigenvalue weighted by Crippen LogP contribution is 2.08. The molecule has 0 aliphatic carbocycles. The molecule has 0 saturated carbocycles. The SMILES string of the molecule is COc1ccc(CNC(=O)Nc2cnn(CCN3CCOCC3)c2)cn1. The third-order valence-corrected chi connectivity index (χ3v) is 4.10. The van der Waals surface area contributed by atoms with Gasteiger partial charge in [-0.2, -0.15) is 5.10 Å². The molecule has 0 spiro atoms. The Hall–Kier alpha value is -2.65. The average molecular weight is 360 g/mol. The first-order valence-corrected chi connectivity index (χ1v) is 8.59. The lowest BCUT2D eigenvalue weighted by atomic mass is 10.3. The maximum absolute atomic E-state index is 12.0. The standard InChI is InChI=1S/C17H24N6O3/c1-25-16-3-2-14(10-18-16)11-19-17(24)21-15-12-20-23(13-15)5-4-22-6-8-26-9-7-22/h2-3,10,12-13H,4-9,11H2,1H3,(H2,19,21,24). The van der Waals surface area contributed by atoms with Crippen LogP contribution in [0.1, 0.15) is 5.56 Å². The second-order valence-electron chi connectivity index (χ2n) is 5.96. The van der Waals surface area contributed by atoms with Crippen LogP contribution in [0.15, 0.2) is 30.7 Å². The van der Waals surface area contributed by atoms with E-state index >= 15 is 0 Å². The number of methoxy groups -OCH3 is 1. The second kappa shape index (κ2) is 9.16. The van der Waals surface area contributed by atoms with Crippen LogP contribution in [0, 0.1) is 0 Å². The smallest absolute Gasteiger partial charge is 0.319 e. The second-order valence-corrected chi connectivity index (χ2v) is 5.96. The molecule has 1 saturated heterocycles. The predicted molar refractivity (Wildman–Crippen MR) is 96.1 cm³/mol. The van der Waals surface area contributed by atoms with Gasteiger partial charge in [-0.05, 0) is 5.56 Å². The first-order chi connectivity index (χ1) is 12.7. The lowest BCUT2D eigenvalue weighted by Gasteiger charge is -2.26. The van der Waals surface area contributed by atoms with E-state index in [1.165, 1.54) is 0 Å². The summed E-state index contributed by atoms with van der Waals surface area (Å²) in [5.41, 5.74) is 1.56. The van der Waals surface area contributed by atoms with Crippen LogP contribution in [0.5, 0.6) is 5.88 Å². The number of anilines is 1. The van der Waals surface area contributed by atoms with Gasteiger partial charge in [0.05, 0.1) is 38.8 Å². The summed E-state index contributed by atoms with van der Waals surface area (Å²) in [6, 6.07) is 3.33. The highest BCUT2D eigenvalue weighted by atomic mass is 16.5. The third-order valence-electron chi connectivity index (χ3n) is 4.10. The number of hydrogen-bond donors (Lipinski definition) is 2. The van der Waals surface area contributed by atoms with Gasteiger partial charge in [0.1, 0.15) is 0 Å². The van der Waals surface area contributed by atoms with Crippen LogP contribution >= 0.6 is 0 Å². The maximum atomic E-state index is 12.0. The zero-order chi connectivity index (χ0) is 18.2. The van der Waals surface area contributed by atoms with Gasteiger partial charge in [-0.3, -0.25) is 9.58 Å². The molecule has 2 N–H and O–H groups in total. The minimum Gasteiger partial charge on any atom is -0.481 e. The Morgan fingerprint density at radius 2 is 2.12 bits per heavy atom. The Morgan fingerprint density at radius 1 is 1.27 bits per heavy atom. The number of carbonyl (C=O) groups excluding carboxylic acids is 1. The van der Waals surface area contributed by atoms with Crippen molar-refractivity contribution in [3.8, 4) is 5.88 Å². The van der Waals surface area contributed by atoms with Crippen molar-refractivity contribution in [3.05, 3.63) is 36.3 Å². The van der Waals surface area contributed by atoms with E-state index in [2.05, 4.69) is 25.6 Å². The molecule has 0 atom stereocenters. The molecule has 2 aromatic heterocycles. The molecule has 3 heterocycles. The molecular formula is C17H24N6O3. The lowest BCUT2D eigenvalue weighted by molar-refractivity contribution is 0.0360. The fraction of sp³-hybridized carbons (Fsp3) is 0.471. The number of morpholine rings is 1. The van der Waals surface area contributed by atoms with E-state index < -0.39 is 0 Å². The van der Waals surface area contributed by atoms with Crippen molar-refractivity contribution < 1.29 is 14.3 Å². The summed E-state index contributed by atoms with van der Waals surface area (Å²) in [6.07, 6.45) is 5.14. The number of amides is 2. The van der Waals surface area contributed by atoms with Gasteiger partial charge >= 0.3 is 6.03 Å². The Labute approximate surface area is 152 Å². The normalized spacial score (nSPS) is 14.8. The monoisotopic (exact) mass is 360 g/mol.